The monoisotopic (exact) mass is 325 g/mol. The molecule has 0 radical (unpaired) electrons. The van der Waals surface area contributed by atoms with E-state index >= 15 is 0 Å². The van der Waals surface area contributed by atoms with Gasteiger partial charge in [-0.15, -0.1) is 13.2 Å². The number of nitriles is 1. The minimum Gasteiger partial charge on any atom is -0.478 e. The van der Waals surface area contributed by atoms with Gasteiger partial charge in [0.05, 0.1) is 5.56 Å². The quantitative estimate of drug-likeness (QED) is 0.412. The molecule has 1 aromatic carbocycles. The zero-order valence-electron chi connectivity index (χ0n) is 13.2. The number of nitrogens with one attached hydrogen (secondary N) is 1. The zero-order valence-corrected chi connectivity index (χ0v) is 13.2. The highest BCUT2D eigenvalue weighted by Gasteiger charge is 2.15. The SMILES string of the molecule is C=CCN(CC=C)C(=O)/C(C#N)=C\NCc1ccc(C(=O)O)cc1. The lowest BCUT2D eigenvalue weighted by molar-refractivity contribution is -0.125. The van der Waals surface area contributed by atoms with Crippen molar-refractivity contribution in [2.75, 3.05) is 13.1 Å². The summed E-state index contributed by atoms with van der Waals surface area (Å²) < 4.78 is 0. The highest BCUT2D eigenvalue weighted by molar-refractivity contribution is 5.97. The van der Waals surface area contributed by atoms with Crippen LogP contribution in [0.4, 0.5) is 0 Å². The first-order chi connectivity index (χ1) is 11.5. The first kappa shape index (κ1) is 18.7. The van der Waals surface area contributed by atoms with Gasteiger partial charge in [-0.25, -0.2) is 4.79 Å². The first-order valence-electron chi connectivity index (χ1n) is 7.20. The number of carbonyl (C=O) groups excluding carboxylic acids is 1. The molecule has 1 rings (SSSR count). The Bertz CT molecular complexity index is 674. The molecular formula is C18H19N3O3. The van der Waals surface area contributed by atoms with E-state index in [1.54, 1.807) is 24.3 Å². The third kappa shape index (κ3) is 5.46. The summed E-state index contributed by atoms with van der Waals surface area (Å²) in [5, 5.41) is 20.9. The van der Waals surface area contributed by atoms with Crippen molar-refractivity contribution in [3.63, 3.8) is 0 Å². The van der Waals surface area contributed by atoms with Crippen LogP contribution < -0.4 is 5.32 Å². The van der Waals surface area contributed by atoms with Crippen LogP contribution in [-0.4, -0.2) is 35.0 Å². The number of carboxylic acid groups (broad SMARTS) is 1. The molecule has 1 aromatic rings. The van der Waals surface area contributed by atoms with Gasteiger partial charge in [-0.2, -0.15) is 5.26 Å². The van der Waals surface area contributed by atoms with Gasteiger partial charge in [-0.3, -0.25) is 4.79 Å². The van der Waals surface area contributed by atoms with Crippen molar-refractivity contribution in [3.8, 4) is 6.07 Å². The molecule has 0 unspecified atom stereocenters. The van der Waals surface area contributed by atoms with E-state index in [0.29, 0.717) is 19.6 Å². The predicted molar refractivity (Wildman–Crippen MR) is 90.9 cm³/mol. The Kier molecular flexibility index (Phi) is 7.52. The Balaban J connectivity index is 2.73. The van der Waals surface area contributed by atoms with E-state index in [0.717, 1.165) is 5.56 Å². The van der Waals surface area contributed by atoms with Crippen molar-refractivity contribution in [3.05, 3.63) is 72.5 Å². The predicted octanol–water partition coefficient (Wildman–Crippen LogP) is 2.08. The van der Waals surface area contributed by atoms with E-state index in [9.17, 15) is 9.59 Å². The van der Waals surface area contributed by atoms with Gasteiger partial charge < -0.3 is 15.3 Å². The summed E-state index contributed by atoms with van der Waals surface area (Å²) in [7, 11) is 0. The first-order valence-corrected chi connectivity index (χ1v) is 7.20. The Morgan fingerprint density at radius 2 is 1.79 bits per heavy atom. The van der Waals surface area contributed by atoms with Crippen molar-refractivity contribution in [2.45, 2.75) is 6.54 Å². The van der Waals surface area contributed by atoms with Gasteiger partial charge in [0.25, 0.3) is 5.91 Å². The minimum absolute atomic E-state index is 0.0270. The van der Waals surface area contributed by atoms with Gasteiger partial charge in [0.1, 0.15) is 11.6 Å². The van der Waals surface area contributed by atoms with Gasteiger partial charge in [-0.05, 0) is 17.7 Å². The maximum atomic E-state index is 12.3. The Morgan fingerprint density at radius 1 is 1.21 bits per heavy atom. The molecule has 124 valence electrons. The van der Waals surface area contributed by atoms with Crippen LogP contribution in [0.1, 0.15) is 15.9 Å². The van der Waals surface area contributed by atoms with Crippen LogP contribution in [0.5, 0.6) is 0 Å². The van der Waals surface area contributed by atoms with E-state index in [2.05, 4.69) is 18.5 Å². The fourth-order valence-electron chi connectivity index (χ4n) is 1.90. The second-order valence-corrected chi connectivity index (χ2v) is 4.84. The molecule has 0 atom stereocenters. The Labute approximate surface area is 141 Å². The van der Waals surface area contributed by atoms with Crippen LogP contribution in [0, 0.1) is 11.3 Å². The number of aromatic carboxylic acids is 1. The van der Waals surface area contributed by atoms with Crippen molar-refractivity contribution >= 4 is 11.9 Å². The summed E-state index contributed by atoms with van der Waals surface area (Å²) >= 11 is 0. The molecule has 0 aliphatic heterocycles. The normalized spacial score (nSPS) is 10.4. The fraction of sp³-hybridized carbons (Fsp3) is 0.167. The van der Waals surface area contributed by atoms with Gasteiger partial charge in [-0.1, -0.05) is 24.3 Å². The highest BCUT2D eigenvalue weighted by Crippen LogP contribution is 2.05. The molecule has 6 heteroatoms. The van der Waals surface area contributed by atoms with Crippen LogP contribution in [0.2, 0.25) is 0 Å². The lowest BCUT2D eigenvalue weighted by Gasteiger charge is -2.18. The van der Waals surface area contributed by atoms with Crippen molar-refractivity contribution in [1.29, 1.82) is 5.26 Å². The van der Waals surface area contributed by atoms with Crippen molar-refractivity contribution in [1.82, 2.24) is 10.2 Å². The fourth-order valence-corrected chi connectivity index (χ4v) is 1.90. The summed E-state index contributed by atoms with van der Waals surface area (Å²) in [6, 6.07) is 8.19. The molecule has 0 heterocycles. The molecule has 0 aromatic heterocycles. The summed E-state index contributed by atoms with van der Waals surface area (Å²) in [5.74, 6) is -1.40. The van der Waals surface area contributed by atoms with Crippen molar-refractivity contribution < 1.29 is 14.7 Å². The molecule has 0 saturated heterocycles. The van der Waals surface area contributed by atoms with Gasteiger partial charge >= 0.3 is 5.97 Å². The van der Waals surface area contributed by atoms with Gasteiger partial charge in [0, 0.05) is 25.8 Å². The molecule has 0 aliphatic carbocycles. The van der Waals surface area contributed by atoms with Gasteiger partial charge in [0.2, 0.25) is 0 Å². The maximum absolute atomic E-state index is 12.3. The average Bonchev–Trinajstić information content (AvgIpc) is 2.58. The molecule has 0 spiro atoms. The zero-order chi connectivity index (χ0) is 17.9. The molecular weight excluding hydrogens is 306 g/mol. The number of carboxylic acids is 1. The smallest absolute Gasteiger partial charge is 0.335 e. The number of hydrogen-bond acceptors (Lipinski definition) is 4. The Morgan fingerprint density at radius 3 is 2.25 bits per heavy atom. The van der Waals surface area contributed by atoms with Crippen LogP contribution in [0.15, 0.2) is 61.3 Å². The number of rotatable bonds is 9. The Hall–Kier alpha value is -3.33. The third-order valence-electron chi connectivity index (χ3n) is 3.09. The number of carbonyl (C=O) groups is 2. The lowest BCUT2D eigenvalue weighted by atomic mass is 10.1. The molecule has 2 N–H and O–H groups in total. The number of amides is 1. The highest BCUT2D eigenvalue weighted by atomic mass is 16.4. The number of nitrogens with zero attached hydrogens (tertiary/aromatic N) is 2. The maximum Gasteiger partial charge on any atom is 0.335 e. The second kappa shape index (κ2) is 9.64. The summed E-state index contributed by atoms with van der Waals surface area (Å²) in [6.07, 6.45) is 4.51. The van der Waals surface area contributed by atoms with Crippen LogP contribution >= 0.6 is 0 Å². The van der Waals surface area contributed by atoms with Crippen molar-refractivity contribution in [2.24, 2.45) is 0 Å². The third-order valence-corrected chi connectivity index (χ3v) is 3.09. The summed E-state index contributed by atoms with van der Waals surface area (Å²) in [6.45, 7) is 8.17. The average molecular weight is 325 g/mol. The minimum atomic E-state index is -0.990. The molecule has 0 saturated carbocycles. The number of hydrogen-bond donors (Lipinski definition) is 2. The van der Waals surface area contributed by atoms with E-state index in [1.807, 2.05) is 6.07 Å². The summed E-state index contributed by atoms with van der Waals surface area (Å²) in [4.78, 5) is 24.5. The van der Waals surface area contributed by atoms with E-state index < -0.39 is 11.9 Å². The largest absolute Gasteiger partial charge is 0.478 e. The molecule has 0 bridgehead atoms. The van der Waals surface area contributed by atoms with Crippen LogP contribution in [-0.2, 0) is 11.3 Å². The van der Waals surface area contributed by atoms with E-state index in [-0.39, 0.29) is 11.1 Å². The van der Waals surface area contributed by atoms with Gasteiger partial charge in [0.15, 0.2) is 0 Å². The van der Waals surface area contributed by atoms with Crippen LogP contribution in [0.3, 0.4) is 0 Å². The standard InChI is InChI=1S/C18H19N3O3/c1-3-9-21(10-4-2)17(22)16(11-19)13-20-12-14-5-7-15(8-6-14)18(23)24/h3-8,13,20H,1-2,9-10,12H2,(H,23,24)/b16-13-. The molecule has 0 aliphatic rings. The molecule has 24 heavy (non-hydrogen) atoms. The number of benzene rings is 1. The lowest BCUT2D eigenvalue weighted by Crippen LogP contribution is -2.32. The molecule has 6 nitrogen and oxygen atoms in total. The topological polar surface area (TPSA) is 93.4 Å². The van der Waals surface area contributed by atoms with Crippen LogP contribution in [0.25, 0.3) is 0 Å². The molecule has 1 amide bonds. The van der Waals surface area contributed by atoms with E-state index in [1.165, 1.54) is 23.2 Å². The molecule has 0 fully saturated rings. The van der Waals surface area contributed by atoms with E-state index in [4.69, 9.17) is 10.4 Å². The summed E-state index contributed by atoms with van der Waals surface area (Å²) in [5.41, 5.74) is 1.00. The second-order valence-electron chi connectivity index (χ2n) is 4.84.